The zero-order valence-electron chi connectivity index (χ0n) is 17.2. The number of carbonyl (C=O) groups is 1. The number of hydrogen-bond acceptors (Lipinski definition) is 8. The van der Waals surface area contributed by atoms with E-state index in [1.54, 1.807) is 36.4 Å². The maximum atomic E-state index is 11.3. The third-order valence-corrected chi connectivity index (χ3v) is 5.35. The lowest BCUT2D eigenvalue weighted by molar-refractivity contribution is -0.139. The second kappa shape index (κ2) is 8.91. The predicted molar refractivity (Wildman–Crippen MR) is 113 cm³/mol. The Bertz CT molecular complexity index is 1250. The molecule has 0 bridgehead atoms. The smallest absolute Gasteiger partial charge is 0.341 e. The van der Waals surface area contributed by atoms with Gasteiger partial charge < -0.3 is 23.3 Å². The summed E-state index contributed by atoms with van der Waals surface area (Å²) >= 11 is 0. The number of rotatable bonds is 9. The number of hydrogen-bond donors (Lipinski definition) is 1. The topological polar surface area (TPSA) is 125 Å². The summed E-state index contributed by atoms with van der Waals surface area (Å²) in [4.78, 5) is 10.8. The summed E-state index contributed by atoms with van der Waals surface area (Å²) in [5.74, 6) is 0.887. The van der Waals surface area contributed by atoms with Gasteiger partial charge in [-0.15, -0.1) is 0 Å². The first kappa shape index (κ1) is 21.7. The van der Waals surface area contributed by atoms with Crippen LogP contribution < -0.4 is 13.7 Å². The number of aliphatic carboxylic acids is 1. The molecule has 0 saturated carbocycles. The van der Waals surface area contributed by atoms with E-state index in [9.17, 15) is 13.2 Å². The SMILES string of the molecule is CS(=O)(=O)Oc1cccc(-c2cc(COc3ccc(OCC(=O)O)c4c3CCC4)no2)c1. The lowest BCUT2D eigenvalue weighted by Crippen LogP contribution is -2.10. The van der Waals surface area contributed by atoms with Crippen molar-refractivity contribution in [2.75, 3.05) is 12.9 Å². The summed E-state index contributed by atoms with van der Waals surface area (Å²) in [6, 6.07) is 11.7. The maximum Gasteiger partial charge on any atom is 0.341 e. The van der Waals surface area contributed by atoms with Gasteiger partial charge in [-0.25, -0.2) is 4.79 Å². The van der Waals surface area contributed by atoms with Gasteiger partial charge in [-0.1, -0.05) is 17.3 Å². The molecule has 0 radical (unpaired) electrons. The minimum atomic E-state index is -3.63. The molecular formula is C22H21NO8S. The van der Waals surface area contributed by atoms with Crippen molar-refractivity contribution in [1.29, 1.82) is 0 Å². The highest BCUT2D eigenvalue weighted by Crippen LogP contribution is 2.37. The molecule has 1 aromatic heterocycles. The first-order valence-electron chi connectivity index (χ1n) is 9.86. The summed E-state index contributed by atoms with van der Waals surface area (Å²) < 4.78 is 44.3. The average molecular weight is 459 g/mol. The van der Waals surface area contributed by atoms with Gasteiger partial charge in [0.1, 0.15) is 29.5 Å². The van der Waals surface area contributed by atoms with Gasteiger partial charge in [-0.2, -0.15) is 8.42 Å². The molecule has 0 saturated heterocycles. The number of carboxylic acids is 1. The molecule has 1 aliphatic carbocycles. The zero-order valence-corrected chi connectivity index (χ0v) is 18.1. The molecule has 2 aromatic carbocycles. The van der Waals surface area contributed by atoms with Crippen LogP contribution in [0.15, 0.2) is 47.0 Å². The van der Waals surface area contributed by atoms with Crippen LogP contribution >= 0.6 is 0 Å². The van der Waals surface area contributed by atoms with E-state index in [0.29, 0.717) is 28.5 Å². The lowest BCUT2D eigenvalue weighted by atomic mass is 10.1. The first-order valence-corrected chi connectivity index (χ1v) is 11.7. The van der Waals surface area contributed by atoms with Gasteiger partial charge in [-0.05, 0) is 43.5 Å². The van der Waals surface area contributed by atoms with E-state index in [2.05, 4.69) is 5.16 Å². The van der Waals surface area contributed by atoms with E-state index in [0.717, 1.165) is 36.6 Å². The van der Waals surface area contributed by atoms with Crippen molar-refractivity contribution in [2.45, 2.75) is 25.9 Å². The number of carboxylic acid groups (broad SMARTS) is 1. The van der Waals surface area contributed by atoms with Crippen LogP contribution in [0.4, 0.5) is 0 Å². The number of aromatic nitrogens is 1. The van der Waals surface area contributed by atoms with E-state index < -0.39 is 16.1 Å². The van der Waals surface area contributed by atoms with Gasteiger partial charge in [0.05, 0.1) is 6.26 Å². The van der Waals surface area contributed by atoms with Crippen LogP contribution in [0.25, 0.3) is 11.3 Å². The van der Waals surface area contributed by atoms with Crippen molar-refractivity contribution in [3.8, 4) is 28.6 Å². The minimum Gasteiger partial charge on any atom is -0.487 e. The van der Waals surface area contributed by atoms with Crippen LogP contribution in [0.3, 0.4) is 0 Å². The zero-order chi connectivity index (χ0) is 22.7. The highest BCUT2D eigenvalue weighted by Gasteiger charge is 2.21. The second-order valence-corrected chi connectivity index (χ2v) is 8.92. The Morgan fingerprint density at radius 2 is 1.81 bits per heavy atom. The molecule has 168 valence electrons. The molecule has 0 amide bonds. The van der Waals surface area contributed by atoms with Gasteiger partial charge in [0.2, 0.25) is 0 Å². The quantitative estimate of drug-likeness (QED) is 0.480. The van der Waals surface area contributed by atoms with Crippen molar-refractivity contribution in [1.82, 2.24) is 5.16 Å². The molecule has 1 heterocycles. The standard InChI is InChI=1S/C22H21NO8S/c1-32(26,27)31-16-5-2-4-14(10-16)21-11-15(23-30-21)12-28-19-8-9-20(29-13-22(24)25)18-7-3-6-17(18)19/h2,4-5,8-11H,3,6-7,12-13H2,1H3,(H,24,25). The van der Waals surface area contributed by atoms with Gasteiger partial charge in [0, 0.05) is 22.8 Å². The average Bonchev–Trinajstić information content (AvgIpc) is 3.40. The molecule has 0 spiro atoms. The molecule has 10 heteroatoms. The summed E-state index contributed by atoms with van der Waals surface area (Å²) in [7, 11) is -3.63. The fraction of sp³-hybridized carbons (Fsp3) is 0.273. The van der Waals surface area contributed by atoms with Gasteiger partial charge >= 0.3 is 16.1 Å². The van der Waals surface area contributed by atoms with E-state index >= 15 is 0 Å². The van der Waals surface area contributed by atoms with Crippen LogP contribution in [0.2, 0.25) is 0 Å². The Morgan fingerprint density at radius 1 is 1.09 bits per heavy atom. The summed E-state index contributed by atoms with van der Waals surface area (Å²) in [5, 5.41) is 12.9. The molecule has 0 atom stereocenters. The number of benzene rings is 2. The molecule has 9 nitrogen and oxygen atoms in total. The molecule has 0 aliphatic heterocycles. The first-order chi connectivity index (χ1) is 15.3. The minimum absolute atomic E-state index is 0.171. The van der Waals surface area contributed by atoms with E-state index in [1.165, 1.54) is 6.07 Å². The van der Waals surface area contributed by atoms with E-state index in [1.807, 2.05) is 0 Å². The van der Waals surface area contributed by atoms with Crippen LogP contribution in [-0.2, 0) is 34.4 Å². The lowest BCUT2D eigenvalue weighted by Gasteiger charge is -2.13. The summed E-state index contributed by atoms with van der Waals surface area (Å²) in [5.41, 5.74) is 3.17. The van der Waals surface area contributed by atoms with Crippen LogP contribution in [-0.4, -0.2) is 37.5 Å². The molecule has 0 fully saturated rings. The molecule has 32 heavy (non-hydrogen) atoms. The van der Waals surface area contributed by atoms with Crippen LogP contribution in [0, 0.1) is 0 Å². The summed E-state index contributed by atoms with van der Waals surface area (Å²) in [6.07, 6.45) is 3.55. The van der Waals surface area contributed by atoms with Gasteiger partial charge in [-0.3, -0.25) is 0 Å². The Labute approximate surface area is 184 Å². The van der Waals surface area contributed by atoms with Crippen molar-refractivity contribution in [3.63, 3.8) is 0 Å². The number of ether oxygens (including phenoxy) is 2. The van der Waals surface area contributed by atoms with Crippen molar-refractivity contribution in [2.24, 2.45) is 0 Å². The Balaban J connectivity index is 1.46. The van der Waals surface area contributed by atoms with Gasteiger partial charge in [0.25, 0.3) is 0 Å². The third-order valence-electron chi connectivity index (χ3n) is 4.85. The van der Waals surface area contributed by atoms with Crippen LogP contribution in [0.1, 0.15) is 23.2 Å². The number of fused-ring (bicyclic) bond motifs is 1. The van der Waals surface area contributed by atoms with Crippen molar-refractivity contribution in [3.05, 3.63) is 59.3 Å². The second-order valence-electron chi connectivity index (χ2n) is 7.34. The fourth-order valence-electron chi connectivity index (χ4n) is 3.59. The third kappa shape index (κ3) is 5.20. The maximum absolute atomic E-state index is 11.3. The van der Waals surface area contributed by atoms with E-state index in [-0.39, 0.29) is 19.0 Å². The molecular weight excluding hydrogens is 438 g/mol. The fourth-order valence-corrected chi connectivity index (χ4v) is 4.05. The largest absolute Gasteiger partial charge is 0.487 e. The predicted octanol–water partition coefficient (Wildman–Crippen LogP) is 3.21. The molecule has 4 rings (SSSR count). The van der Waals surface area contributed by atoms with E-state index in [4.69, 9.17) is 23.3 Å². The Kier molecular flexibility index (Phi) is 6.04. The van der Waals surface area contributed by atoms with Crippen molar-refractivity contribution < 1.29 is 36.5 Å². The highest BCUT2D eigenvalue weighted by molar-refractivity contribution is 7.86. The van der Waals surface area contributed by atoms with Crippen molar-refractivity contribution >= 4 is 16.1 Å². The Hall–Kier alpha value is -3.53. The normalized spacial score (nSPS) is 12.9. The Morgan fingerprint density at radius 3 is 2.50 bits per heavy atom. The molecule has 0 unspecified atom stereocenters. The summed E-state index contributed by atoms with van der Waals surface area (Å²) in [6.45, 7) is -0.213. The molecule has 1 aliphatic rings. The van der Waals surface area contributed by atoms with Gasteiger partial charge in [0.15, 0.2) is 12.4 Å². The molecule has 1 N–H and O–H groups in total. The van der Waals surface area contributed by atoms with Crippen LogP contribution in [0.5, 0.6) is 17.2 Å². The number of nitrogens with zero attached hydrogens (tertiary/aromatic N) is 1. The highest BCUT2D eigenvalue weighted by atomic mass is 32.2. The molecule has 3 aromatic rings. The monoisotopic (exact) mass is 459 g/mol.